The van der Waals surface area contributed by atoms with Gasteiger partial charge in [0.1, 0.15) is 11.9 Å². The Hall–Kier alpha value is -3.33. The van der Waals surface area contributed by atoms with Crippen molar-refractivity contribution in [1.82, 2.24) is 5.32 Å². The van der Waals surface area contributed by atoms with Crippen LogP contribution in [0.5, 0.6) is 5.75 Å². The van der Waals surface area contributed by atoms with Crippen LogP contribution in [0.4, 0.5) is 13.2 Å². The Morgan fingerprint density at radius 2 is 1.69 bits per heavy atom. The maximum absolute atomic E-state index is 12.9. The predicted molar refractivity (Wildman–Crippen MR) is 133 cm³/mol. The molecule has 0 aliphatic heterocycles. The molecule has 0 aliphatic rings. The largest absolute Gasteiger partial charge is 0.484 e. The van der Waals surface area contributed by atoms with Crippen molar-refractivity contribution in [2.45, 2.75) is 46.4 Å². The van der Waals surface area contributed by atoms with E-state index < -0.39 is 17.7 Å². The second kappa shape index (κ2) is 10.7. The first-order valence-electron chi connectivity index (χ1n) is 11.3. The number of carboxylic acids is 1. The van der Waals surface area contributed by atoms with Crippen molar-refractivity contribution >= 4 is 23.2 Å². The van der Waals surface area contributed by atoms with Crippen LogP contribution in [0.25, 0.3) is 11.1 Å². The maximum Gasteiger partial charge on any atom is 0.416 e. The number of rotatable bonds is 8. The summed E-state index contributed by atoms with van der Waals surface area (Å²) in [5.74, 6) is -0.719. The van der Waals surface area contributed by atoms with Gasteiger partial charge in [0.2, 0.25) is 0 Å². The average molecular weight is 520 g/mol. The molecule has 36 heavy (non-hydrogen) atoms. The molecule has 1 atom stereocenters. The molecular weight excluding hydrogens is 491 g/mol. The molecule has 0 saturated carbocycles. The number of thiophene rings is 1. The van der Waals surface area contributed by atoms with Gasteiger partial charge >= 0.3 is 12.1 Å². The lowest BCUT2D eigenvalue weighted by atomic mass is 9.88. The van der Waals surface area contributed by atoms with E-state index in [0.717, 1.165) is 28.1 Å². The van der Waals surface area contributed by atoms with Crippen LogP contribution in [0, 0.1) is 12.3 Å². The van der Waals surface area contributed by atoms with Crippen molar-refractivity contribution in [3.05, 3.63) is 75.5 Å². The van der Waals surface area contributed by atoms with Crippen molar-refractivity contribution in [3.63, 3.8) is 0 Å². The van der Waals surface area contributed by atoms with E-state index in [1.54, 1.807) is 12.1 Å². The van der Waals surface area contributed by atoms with Crippen LogP contribution >= 0.6 is 11.3 Å². The van der Waals surface area contributed by atoms with Gasteiger partial charge in [-0.05, 0) is 60.0 Å². The highest BCUT2D eigenvalue weighted by molar-refractivity contribution is 7.14. The highest BCUT2D eigenvalue weighted by Crippen LogP contribution is 2.41. The number of hydrogen-bond donors (Lipinski definition) is 2. The molecule has 0 fully saturated rings. The molecule has 0 bridgehead atoms. The number of alkyl halides is 3. The number of amides is 1. The standard InChI is InChI=1S/C27H28F3NO4S/c1-16-15-19(9-10-20(16)17-5-7-18(8-6-17)27(28,29)30)35-24(26(2,3)4)21-11-12-22(36-21)25(34)31-14-13-23(32)33/h5-12,15,24H,13-14H2,1-4H3,(H,31,34)(H,32,33)/t24-/m0/s1. The van der Waals surface area contributed by atoms with Gasteiger partial charge in [0.15, 0.2) is 0 Å². The van der Waals surface area contributed by atoms with E-state index in [4.69, 9.17) is 9.84 Å². The first-order valence-corrected chi connectivity index (χ1v) is 12.1. The first-order chi connectivity index (χ1) is 16.8. The Morgan fingerprint density at radius 3 is 2.25 bits per heavy atom. The normalized spacial score (nSPS) is 12.8. The van der Waals surface area contributed by atoms with Gasteiger partial charge in [-0.1, -0.05) is 39.0 Å². The van der Waals surface area contributed by atoms with E-state index in [-0.39, 0.29) is 30.4 Å². The van der Waals surface area contributed by atoms with Crippen molar-refractivity contribution < 1.29 is 32.6 Å². The molecule has 0 aliphatic carbocycles. The molecule has 1 aromatic heterocycles. The number of aryl methyl sites for hydroxylation is 1. The molecule has 192 valence electrons. The van der Waals surface area contributed by atoms with E-state index in [0.29, 0.717) is 16.2 Å². The monoisotopic (exact) mass is 519 g/mol. The van der Waals surface area contributed by atoms with E-state index in [9.17, 15) is 22.8 Å². The van der Waals surface area contributed by atoms with Gasteiger partial charge in [0.05, 0.1) is 16.9 Å². The fourth-order valence-corrected chi connectivity index (χ4v) is 4.86. The van der Waals surface area contributed by atoms with Gasteiger partial charge in [0.25, 0.3) is 5.91 Å². The topological polar surface area (TPSA) is 75.6 Å². The molecule has 2 aromatic carbocycles. The number of carbonyl (C=O) groups excluding carboxylic acids is 1. The molecule has 1 heterocycles. The van der Waals surface area contributed by atoms with Gasteiger partial charge in [-0.25, -0.2) is 0 Å². The van der Waals surface area contributed by atoms with Crippen LogP contribution in [-0.2, 0) is 11.0 Å². The Balaban J connectivity index is 1.79. The predicted octanol–water partition coefficient (Wildman–Crippen LogP) is 7.11. The minimum atomic E-state index is -4.38. The highest BCUT2D eigenvalue weighted by Gasteiger charge is 2.31. The minimum Gasteiger partial charge on any atom is -0.484 e. The third-order valence-electron chi connectivity index (χ3n) is 5.50. The second-order valence-electron chi connectivity index (χ2n) is 9.52. The molecule has 3 aromatic rings. The molecule has 0 saturated heterocycles. The van der Waals surface area contributed by atoms with Crippen molar-refractivity contribution in [2.24, 2.45) is 5.41 Å². The average Bonchev–Trinajstić information content (AvgIpc) is 3.26. The van der Waals surface area contributed by atoms with E-state index in [1.165, 1.54) is 23.5 Å². The highest BCUT2D eigenvalue weighted by atomic mass is 32.1. The van der Waals surface area contributed by atoms with Gasteiger partial charge in [-0.2, -0.15) is 13.2 Å². The Labute approximate surface area is 211 Å². The molecule has 0 spiro atoms. The smallest absolute Gasteiger partial charge is 0.416 e. The summed E-state index contributed by atoms with van der Waals surface area (Å²) in [7, 11) is 0. The molecular formula is C27H28F3NO4S. The van der Waals surface area contributed by atoms with E-state index >= 15 is 0 Å². The summed E-state index contributed by atoms with van der Waals surface area (Å²) in [6.45, 7) is 7.98. The fourth-order valence-electron chi connectivity index (χ4n) is 3.66. The number of hydrogen-bond acceptors (Lipinski definition) is 4. The molecule has 2 N–H and O–H groups in total. The number of aliphatic carboxylic acids is 1. The molecule has 9 heteroatoms. The quantitative estimate of drug-likeness (QED) is 0.332. The number of benzene rings is 2. The van der Waals surface area contributed by atoms with Crippen molar-refractivity contribution in [2.75, 3.05) is 6.54 Å². The number of carbonyl (C=O) groups is 2. The maximum atomic E-state index is 12.9. The molecule has 0 unspecified atom stereocenters. The summed E-state index contributed by atoms with van der Waals surface area (Å²) in [5.41, 5.74) is 1.32. The summed E-state index contributed by atoms with van der Waals surface area (Å²) in [6.07, 6.45) is -4.91. The van der Waals surface area contributed by atoms with E-state index in [1.807, 2.05) is 45.9 Å². The Kier molecular flexibility index (Phi) is 8.13. The lowest BCUT2D eigenvalue weighted by molar-refractivity contribution is -0.138. The Bertz CT molecular complexity index is 1230. The van der Waals surface area contributed by atoms with Crippen LogP contribution < -0.4 is 10.1 Å². The molecule has 1 amide bonds. The van der Waals surface area contributed by atoms with Gasteiger partial charge < -0.3 is 15.2 Å². The van der Waals surface area contributed by atoms with Gasteiger partial charge in [0, 0.05) is 16.8 Å². The second-order valence-corrected chi connectivity index (χ2v) is 10.6. The summed E-state index contributed by atoms with van der Waals surface area (Å²) < 4.78 is 45.0. The van der Waals surface area contributed by atoms with Crippen LogP contribution in [0.3, 0.4) is 0 Å². The molecule has 3 rings (SSSR count). The lowest BCUT2D eigenvalue weighted by Crippen LogP contribution is -2.25. The van der Waals surface area contributed by atoms with Crippen LogP contribution in [-0.4, -0.2) is 23.5 Å². The Morgan fingerprint density at radius 1 is 1.03 bits per heavy atom. The number of ether oxygens (including phenoxy) is 1. The first kappa shape index (κ1) is 27.3. The van der Waals surface area contributed by atoms with Crippen LogP contribution in [0.1, 0.15) is 59.0 Å². The molecule has 0 radical (unpaired) electrons. The van der Waals surface area contributed by atoms with Crippen molar-refractivity contribution in [1.29, 1.82) is 0 Å². The SMILES string of the molecule is Cc1cc(O[C@@H](c2ccc(C(=O)NCCC(=O)O)s2)C(C)(C)C)ccc1-c1ccc(C(F)(F)F)cc1. The number of carboxylic acid groups (broad SMARTS) is 1. The summed E-state index contributed by atoms with van der Waals surface area (Å²) in [6, 6.07) is 14.0. The van der Waals surface area contributed by atoms with Crippen molar-refractivity contribution in [3.8, 4) is 16.9 Å². The zero-order valence-corrected chi connectivity index (χ0v) is 21.2. The summed E-state index contributed by atoms with van der Waals surface area (Å²) in [5, 5.41) is 11.3. The number of nitrogens with one attached hydrogen (secondary N) is 1. The lowest BCUT2D eigenvalue weighted by Gasteiger charge is -2.30. The summed E-state index contributed by atoms with van der Waals surface area (Å²) >= 11 is 1.29. The van der Waals surface area contributed by atoms with Gasteiger partial charge in [-0.15, -0.1) is 11.3 Å². The third-order valence-corrected chi connectivity index (χ3v) is 6.62. The summed E-state index contributed by atoms with van der Waals surface area (Å²) in [4.78, 5) is 24.3. The van der Waals surface area contributed by atoms with Crippen LogP contribution in [0.2, 0.25) is 0 Å². The zero-order valence-electron chi connectivity index (χ0n) is 20.4. The van der Waals surface area contributed by atoms with Gasteiger partial charge in [-0.3, -0.25) is 9.59 Å². The van der Waals surface area contributed by atoms with Crippen LogP contribution in [0.15, 0.2) is 54.6 Å². The third kappa shape index (κ3) is 6.87. The zero-order chi connectivity index (χ0) is 26.7. The number of halogens is 3. The molecule has 5 nitrogen and oxygen atoms in total. The fraction of sp³-hybridized carbons (Fsp3) is 0.333. The van der Waals surface area contributed by atoms with E-state index in [2.05, 4.69) is 5.32 Å². The minimum absolute atomic E-state index is 0.0468.